The number of carbonyl (C=O) groups is 1. The molecule has 1 fully saturated rings. The van der Waals surface area contributed by atoms with E-state index in [9.17, 15) is 9.18 Å². The van der Waals surface area contributed by atoms with Crippen molar-refractivity contribution in [1.29, 1.82) is 0 Å². The van der Waals surface area contributed by atoms with E-state index in [0.717, 1.165) is 22.2 Å². The van der Waals surface area contributed by atoms with E-state index in [1.807, 2.05) is 25.1 Å². The van der Waals surface area contributed by atoms with Crippen LogP contribution in [0.2, 0.25) is 0 Å². The lowest BCUT2D eigenvalue weighted by atomic mass is 10.0. The van der Waals surface area contributed by atoms with Crippen LogP contribution in [-0.2, 0) is 4.79 Å². The molecule has 0 bridgehead atoms. The molecule has 128 valence electrons. The number of amides is 1. The van der Waals surface area contributed by atoms with Crippen molar-refractivity contribution in [3.8, 4) is 17.0 Å². The van der Waals surface area contributed by atoms with Crippen molar-refractivity contribution < 1.29 is 13.9 Å². The number of anilines is 1. The van der Waals surface area contributed by atoms with Crippen LogP contribution in [0, 0.1) is 12.8 Å². The molecule has 7 heteroatoms. The highest BCUT2D eigenvalue weighted by Gasteiger charge is 2.43. The molecular weight excluding hydrogens is 323 g/mol. The number of nitrogens with zero attached hydrogens (tertiary/aromatic N) is 2. The largest absolute Gasteiger partial charge is 0.481 e. The first-order valence-corrected chi connectivity index (χ1v) is 8.02. The molecule has 0 saturated heterocycles. The van der Waals surface area contributed by atoms with Gasteiger partial charge in [-0.2, -0.15) is 0 Å². The van der Waals surface area contributed by atoms with Crippen LogP contribution in [-0.4, -0.2) is 34.1 Å². The standard InChI is InChI=1S/C18H17FN4O2/c1-9-15(11-4-3-7-20-18(11)25-2)10-5-6-14(22-16(10)21-9)23-17(24)12-8-13(12)19/h3-7,12-13H,8H2,1-2H3,(H2,21,22,23,24). The van der Waals surface area contributed by atoms with Gasteiger partial charge in [-0.3, -0.25) is 4.79 Å². The molecule has 1 aliphatic rings. The second-order valence-electron chi connectivity index (χ2n) is 6.13. The molecule has 25 heavy (non-hydrogen) atoms. The maximum absolute atomic E-state index is 13.0. The molecule has 0 aliphatic heterocycles. The van der Waals surface area contributed by atoms with Crippen molar-refractivity contribution in [3.63, 3.8) is 0 Å². The van der Waals surface area contributed by atoms with Crippen LogP contribution < -0.4 is 10.1 Å². The van der Waals surface area contributed by atoms with Gasteiger partial charge in [-0.05, 0) is 37.6 Å². The van der Waals surface area contributed by atoms with Gasteiger partial charge in [0.1, 0.15) is 17.6 Å². The predicted octanol–water partition coefficient (Wildman–Crippen LogP) is 3.24. The molecule has 3 aromatic rings. The minimum atomic E-state index is -1.03. The number of fused-ring (bicyclic) bond motifs is 1. The zero-order valence-corrected chi connectivity index (χ0v) is 13.8. The Morgan fingerprint density at radius 3 is 2.92 bits per heavy atom. The first-order chi connectivity index (χ1) is 12.1. The van der Waals surface area contributed by atoms with Crippen molar-refractivity contribution >= 4 is 22.8 Å². The Balaban J connectivity index is 1.72. The fourth-order valence-electron chi connectivity index (χ4n) is 3.01. The Labute approximate surface area is 143 Å². The normalized spacial score (nSPS) is 19.0. The second-order valence-corrected chi connectivity index (χ2v) is 6.13. The summed E-state index contributed by atoms with van der Waals surface area (Å²) in [5, 5.41) is 3.57. The van der Waals surface area contributed by atoms with Gasteiger partial charge in [0, 0.05) is 28.4 Å². The molecule has 3 aromatic heterocycles. The fourth-order valence-corrected chi connectivity index (χ4v) is 3.01. The Kier molecular flexibility index (Phi) is 3.63. The first-order valence-electron chi connectivity index (χ1n) is 8.02. The van der Waals surface area contributed by atoms with Gasteiger partial charge in [0.2, 0.25) is 11.8 Å². The van der Waals surface area contributed by atoms with E-state index in [0.29, 0.717) is 23.8 Å². The lowest BCUT2D eigenvalue weighted by Gasteiger charge is -2.07. The van der Waals surface area contributed by atoms with Gasteiger partial charge in [-0.1, -0.05) is 0 Å². The van der Waals surface area contributed by atoms with Gasteiger partial charge in [0.05, 0.1) is 13.0 Å². The predicted molar refractivity (Wildman–Crippen MR) is 92.2 cm³/mol. The summed E-state index contributed by atoms with van der Waals surface area (Å²) in [5.41, 5.74) is 3.38. The number of H-pyrrole nitrogens is 1. The number of halogens is 1. The Morgan fingerprint density at radius 1 is 1.40 bits per heavy atom. The molecule has 1 saturated carbocycles. The van der Waals surface area contributed by atoms with Crippen molar-refractivity contribution in [2.45, 2.75) is 19.5 Å². The first kappa shape index (κ1) is 15.6. The topological polar surface area (TPSA) is 79.9 Å². The van der Waals surface area contributed by atoms with E-state index < -0.39 is 12.1 Å². The number of carbonyl (C=O) groups excluding carboxylic acids is 1. The van der Waals surface area contributed by atoms with Crippen LogP contribution >= 0.6 is 0 Å². The number of rotatable bonds is 4. The summed E-state index contributed by atoms with van der Waals surface area (Å²) in [6.07, 6.45) is 0.941. The zero-order chi connectivity index (χ0) is 17.6. The number of hydrogen-bond acceptors (Lipinski definition) is 4. The Hall–Kier alpha value is -2.96. The van der Waals surface area contributed by atoms with Crippen LogP contribution in [0.5, 0.6) is 5.88 Å². The number of hydrogen-bond donors (Lipinski definition) is 2. The summed E-state index contributed by atoms with van der Waals surface area (Å²) in [4.78, 5) is 23.8. The van der Waals surface area contributed by atoms with Gasteiger partial charge >= 0.3 is 0 Å². The number of aryl methyl sites for hydroxylation is 1. The molecule has 3 heterocycles. The number of aromatic nitrogens is 3. The third kappa shape index (κ3) is 2.71. The lowest BCUT2D eigenvalue weighted by molar-refractivity contribution is -0.117. The maximum Gasteiger partial charge on any atom is 0.231 e. The highest BCUT2D eigenvalue weighted by Crippen LogP contribution is 2.37. The molecular formula is C18H17FN4O2. The number of nitrogens with one attached hydrogen (secondary N) is 2. The van der Waals surface area contributed by atoms with Gasteiger partial charge in [-0.15, -0.1) is 0 Å². The minimum absolute atomic E-state index is 0.292. The molecule has 2 atom stereocenters. The average molecular weight is 340 g/mol. The molecule has 1 aliphatic carbocycles. The summed E-state index contributed by atoms with van der Waals surface area (Å²) >= 11 is 0. The highest BCUT2D eigenvalue weighted by molar-refractivity contribution is 5.99. The summed E-state index contributed by atoms with van der Waals surface area (Å²) < 4.78 is 18.3. The molecule has 6 nitrogen and oxygen atoms in total. The van der Waals surface area contributed by atoms with Crippen LogP contribution in [0.1, 0.15) is 12.1 Å². The Bertz CT molecular complexity index is 969. The molecule has 1 amide bonds. The third-order valence-corrected chi connectivity index (χ3v) is 4.38. The van der Waals surface area contributed by atoms with Crippen LogP contribution in [0.3, 0.4) is 0 Å². The van der Waals surface area contributed by atoms with Crippen molar-refractivity contribution in [3.05, 3.63) is 36.2 Å². The lowest BCUT2D eigenvalue weighted by Crippen LogP contribution is -2.15. The zero-order valence-electron chi connectivity index (χ0n) is 13.8. The van der Waals surface area contributed by atoms with Crippen molar-refractivity contribution in [2.75, 3.05) is 12.4 Å². The van der Waals surface area contributed by atoms with Gasteiger partial charge in [0.15, 0.2) is 0 Å². The summed E-state index contributed by atoms with van der Waals surface area (Å²) in [5.74, 6) is 0.0732. The molecule has 4 rings (SSSR count). The number of pyridine rings is 2. The van der Waals surface area contributed by atoms with Gasteiger partial charge < -0.3 is 15.0 Å². The number of alkyl halides is 1. The van der Waals surface area contributed by atoms with Crippen LogP contribution in [0.4, 0.5) is 10.2 Å². The van der Waals surface area contributed by atoms with E-state index in [4.69, 9.17) is 4.74 Å². The molecule has 2 unspecified atom stereocenters. The van der Waals surface area contributed by atoms with Crippen LogP contribution in [0.25, 0.3) is 22.2 Å². The second kappa shape index (κ2) is 5.84. The fraction of sp³-hybridized carbons (Fsp3) is 0.278. The average Bonchev–Trinajstić information content (AvgIpc) is 3.25. The van der Waals surface area contributed by atoms with E-state index >= 15 is 0 Å². The van der Waals surface area contributed by atoms with Crippen LogP contribution in [0.15, 0.2) is 30.5 Å². The SMILES string of the molecule is COc1ncccc1-c1c(C)[nH]c2nc(NC(=O)C3CC3F)ccc12. The number of ether oxygens (including phenoxy) is 1. The monoisotopic (exact) mass is 340 g/mol. The smallest absolute Gasteiger partial charge is 0.231 e. The third-order valence-electron chi connectivity index (χ3n) is 4.38. The van der Waals surface area contributed by atoms with Crippen molar-refractivity contribution in [1.82, 2.24) is 15.0 Å². The summed E-state index contributed by atoms with van der Waals surface area (Å²) in [6.45, 7) is 1.94. The highest BCUT2D eigenvalue weighted by atomic mass is 19.1. The van der Waals surface area contributed by atoms with E-state index in [-0.39, 0.29) is 5.91 Å². The maximum atomic E-state index is 13.0. The molecule has 2 N–H and O–H groups in total. The quantitative estimate of drug-likeness (QED) is 0.764. The molecule has 0 radical (unpaired) electrons. The Morgan fingerprint density at radius 2 is 2.20 bits per heavy atom. The van der Waals surface area contributed by atoms with Gasteiger partial charge in [0.25, 0.3) is 0 Å². The van der Waals surface area contributed by atoms with Crippen molar-refractivity contribution in [2.24, 2.45) is 5.92 Å². The number of methoxy groups -OCH3 is 1. The van der Waals surface area contributed by atoms with E-state index in [2.05, 4.69) is 20.3 Å². The summed E-state index contributed by atoms with van der Waals surface area (Å²) in [6, 6.07) is 7.38. The number of aromatic amines is 1. The molecule has 0 spiro atoms. The molecule has 0 aromatic carbocycles. The van der Waals surface area contributed by atoms with Gasteiger partial charge in [-0.25, -0.2) is 14.4 Å². The minimum Gasteiger partial charge on any atom is -0.481 e. The van der Waals surface area contributed by atoms with E-state index in [1.165, 1.54) is 0 Å². The summed E-state index contributed by atoms with van der Waals surface area (Å²) in [7, 11) is 1.58. The van der Waals surface area contributed by atoms with E-state index in [1.54, 1.807) is 19.4 Å².